The van der Waals surface area contributed by atoms with E-state index in [4.69, 9.17) is 0 Å². The second-order valence-electron chi connectivity index (χ2n) is 1.40. The highest BCUT2D eigenvalue weighted by molar-refractivity contribution is 4.88. The summed E-state index contributed by atoms with van der Waals surface area (Å²) >= 11 is 0. The zero-order chi connectivity index (χ0) is 5.54. The molecule has 0 aliphatic heterocycles. The van der Waals surface area contributed by atoms with Gasteiger partial charge < -0.3 is 0 Å². The minimum absolute atomic E-state index is 0.500. The van der Waals surface area contributed by atoms with Crippen LogP contribution in [0.4, 0.5) is 4.39 Å². The average Bonchev–Trinajstić information content (AvgIpc) is 2.23. The summed E-state index contributed by atoms with van der Waals surface area (Å²) in [5, 5.41) is 0. The molecule has 0 radical (unpaired) electrons. The first-order valence-electron chi connectivity index (χ1n) is 2.53. The Morgan fingerprint density at radius 2 is 1.57 bits per heavy atom. The van der Waals surface area contributed by atoms with Crippen LogP contribution in [0.5, 0.6) is 0 Å². The van der Waals surface area contributed by atoms with Gasteiger partial charge in [0.15, 0.2) is 0 Å². The number of hydrogen-bond donors (Lipinski definition) is 0. The van der Waals surface area contributed by atoms with E-state index >= 15 is 0 Å². The molecule has 1 aliphatic carbocycles. The van der Waals surface area contributed by atoms with Gasteiger partial charge in [0.05, 0.1) is 7.18 Å². The van der Waals surface area contributed by atoms with Crippen LogP contribution in [0.3, 0.4) is 0 Å². The van der Waals surface area contributed by atoms with Crippen molar-refractivity contribution in [2.24, 2.45) is 0 Å². The molecule has 1 rings (SSSR count). The van der Waals surface area contributed by atoms with Gasteiger partial charge in [-0.2, -0.15) is 0 Å². The Bertz CT molecular complexity index is 42.1. The predicted octanol–water partition coefficient (Wildman–Crippen LogP) is 2.31. The zero-order valence-corrected chi connectivity index (χ0v) is 4.65. The SMILES string of the molecule is C1=CCCC1.CF. The molecule has 0 heterocycles. The van der Waals surface area contributed by atoms with Gasteiger partial charge in [0, 0.05) is 0 Å². The van der Waals surface area contributed by atoms with Gasteiger partial charge in [-0.3, -0.25) is 4.39 Å². The molecule has 0 spiro atoms. The third-order valence-corrected chi connectivity index (χ3v) is 0.908. The maximum Gasteiger partial charge on any atom is 0.0785 e. The fraction of sp³-hybridized carbons (Fsp3) is 0.667. The molecule has 0 aromatic rings. The number of alkyl halides is 1. The number of halogens is 1. The van der Waals surface area contributed by atoms with Gasteiger partial charge >= 0.3 is 0 Å². The van der Waals surface area contributed by atoms with Crippen molar-refractivity contribution in [2.45, 2.75) is 19.3 Å². The zero-order valence-electron chi connectivity index (χ0n) is 4.65. The Kier molecular flexibility index (Phi) is 5.40. The maximum absolute atomic E-state index is 9.50. The molecule has 1 heteroatoms. The van der Waals surface area contributed by atoms with Crippen molar-refractivity contribution >= 4 is 0 Å². The topological polar surface area (TPSA) is 0 Å². The van der Waals surface area contributed by atoms with Crippen molar-refractivity contribution in [1.82, 2.24) is 0 Å². The lowest BCUT2D eigenvalue weighted by Gasteiger charge is -1.69. The standard InChI is InChI=1S/C5H8.CH3F/c1-2-4-5-3-1;1-2/h1-2H,3-5H2;1H3. The Hall–Kier alpha value is -0.330. The van der Waals surface area contributed by atoms with Gasteiger partial charge in [0.25, 0.3) is 0 Å². The van der Waals surface area contributed by atoms with Crippen LogP contribution in [-0.2, 0) is 0 Å². The Morgan fingerprint density at radius 1 is 1.14 bits per heavy atom. The fourth-order valence-electron chi connectivity index (χ4n) is 0.589. The van der Waals surface area contributed by atoms with E-state index in [9.17, 15) is 4.39 Å². The van der Waals surface area contributed by atoms with Crippen molar-refractivity contribution in [3.05, 3.63) is 12.2 Å². The molecule has 0 fully saturated rings. The van der Waals surface area contributed by atoms with Crippen LogP contribution < -0.4 is 0 Å². The molecule has 0 atom stereocenters. The van der Waals surface area contributed by atoms with Gasteiger partial charge in [-0.05, 0) is 19.3 Å². The van der Waals surface area contributed by atoms with E-state index < -0.39 is 0 Å². The van der Waals surface area contributed by atoms with Crippen LogP contribution in [-0.4, -0.2) is 7.18 Å². The summed E-state index contributed by atoms with van der Waals surface area (Å²) in [5.41, 5.74) is 0. The highest BCUT2D eigenvalue weighted by atomic mass is 19.1. The van der Waals surface area contributed by atoms with Gasteiger partial charge in [-0.1, -0.05) is 12.2 Å². The minimum Gasteiger partial charge on any atom is -0.255 e. The molecule has 0 N–H and O–H groups in total. The van der Waals surface area contributed by atoms with Crippen molar-refractivity contribution in [3.63, 3.8) is 0 Å². The maximum atomic E-state index is 9.50. The van der Waals surface area contributed by atoms with E-state index in [-0.39, 0.29) is 0 Å². The van der Waals surface area contributed by atoms with E-state index in [0.29, 0.717) is 7.18 Å². The number of allylic oxidation sites excluding steroid dienone is 2. The van der Waals surface area contributed by atoms with Gasteiger partial charge in [-0.15, -0.1) is 0 Å². The molecule has 1 aliphatic rings. The summed E-state index contributed by atoms with van der Waals surface area (Å²) in [4.78, 5) is 0. The van der Waals surface area contributed by atoms with Crippen LogP contribution in [0.15, 0.2) is 12.2 Å². The summed E-state index contributed by atoms with van der Waals surface area (Å²) in [6, 6.07) is 0. The molecule has 0 amide bonds. The number of hydrogen-bond acceptors (Lipinski definition) is 0. The Balaban J connectivity index is 0.000000162. The van der Waals surface area contributed by atoms with Crippen molar-refractivity contribution < 1.29 is 4.39 Å². The smallest absolute Gasteiger partial charge is 0.0785 e. The molecular weight excluding hydrogens is 91.1 g/mol. The van der Waals surface area contributed by atoms with E-state index in [0.717, 1.165) is 0 Å². The second-order valence-corrected chi connectivity index (χ2v) is 1.40. The van der Waals surface area contributed by atoms with E-state index in [1.54, 1.807) is 0 Å². The van der Waals surface area contributed by atoms with Crippen LogP contribution in [0.1, 0.15) is 19.3 Å². The molecule has 0 saturated heterocycles. The molecule has 7 heavy (non-hydrogen) atoms. The third kappa shape index (κ3) is 3.50. The van der Waals surface area contributed by atoms with Crippen molar-refractivity contribution in [2.75, 3.05) is 7.18 Å². The van der Waals surface area contributed by atoms with E-state index in [2.05, 4.69) is 12.2 Å². The lowest BCUT2D eigenvalue weighted by Crippen LogP contribution is -1.50. The molecule has 0 aromatic heterocycles. The van der Waals surface area contributed by atoms with Crippen LogP contribution >= 0.6 is 0 Å². The van der Waals surface area contributed by atoms with E-state index in [1.807, 2.05) is 0 Å². The Labute approximate surface area is 44.0 Å². The largest absolute Gasteiger partial charge is 0.255 e. The molecular formula is C6H11F. The lowest BCUT2D eigenvalue weighted by molar-refractivity contribution is 0.636. The lowest BCUT2D eigenvalue weighted by atomic mass is 10.4. The normalized spacial score (nSPS) is 15.7. The molecule has 0 nitrogen and oxygen atoms in total. The first kappa shape index (κ1) is 6.67. The molecule has 0 aromatic carbocycles. The van der Waals surface area contributed by atoms with Gasteiger partial charge in [0.2, 0.25) is 0 Å². The fourth-order valence-corrected chi connectivity index (χ4v) is 0.589. The van der Waals surface area contributed by atoms with Crippen molar-refractivity contribution in [3.8, 4) is 0 Å². The second kappa shape index (κ2) is 5.67. The minimum atomic E-state index is 0.500. The van der Waals surface area contributed by atoms with Crippen molar-refractivity contribution in [1.29, 1.82) is 0 Å². The average molecular weight is 102 g/mol. The monoisotopic (exact) mass is 102 g/mol. The van der Waals surface area contributed by atoms with Crippen LogP contribution in [0.25, 0.3) is 0 Å². The summed E-state index contributed by atoms with van der Waals surface area (Å²) < 4.78 is 9.50. The summed E-state index contributed by atoms with van der Waals surface area (Å²) in [6.45, 7) is 0. The highest BCUT2D eigenvalue weighted by Crippen LogP contribution is 2.05. The van der Waals surface area contributed by atoms with E-state index in [1.165, 1.54) is 19.3 Å². The molecule has 0 unspecified atom stereocenters. The Morgan fingerprint density at radius 3 is 1.71 bits per heavy atom. The predicted molar refractivity (Wildman–Crippen MR) is 30.0 cm³/mol. The summed E-state index contributed by atoms with van der Waals surface area (Å²) in [7, 11) is 0.500. The van der Waals surface area contributed by atoms with Gasteiger partial charge in [-0.25, -0.2) is 0 Å². The molecule has 0 bridgehead atoms. The first-order valence-corrected chi connectivity index (χ1v) is 2.53. The number of rotatable bonds is 0. The van der Waals surface area contributed by atoms with Crippen LogP contribution in [0, 0.1) is 0 Å². The molecule has 42 valence electrons. The summed E-state index contributed by atoms with van der Waals surface area (Å²) in [5.74, 6) is 0. The van der Waals surface area contributed by atoms with Crippen LogP contribution in [0.2, 0.25) is 0 Å². The quantitative estimate of drug-likeness (QED) is 0.412. The molecule has 0 saturated carbocycles. The third-order valence-electron chi connectivity index (χ3n) is 0.908. The van der Waals surface area contributed by atoms with Gasteiger partial charge in [0.1, 0.15) is 0 Å². The summed E-state index contributed by atoms with van der Waals surface area (Å²) in [6.07, 6.45) is 8.50. The first-order chi connectivity index (χ1) is 3.50. The highest BCUT2D eigenvalue weighted by Gasteiger charge is 1.84.